The van der Waals surface area contributed by atoms with Gasteiger partial charge in [-0.25, -0.2) is 0 Å². The molecule has 1 aromatic rings. The van der Waals surface area contributed by atoms with E-state index in [0.717, 1.165) is 24.2 Å². The summed E-state index contributed by atoms with van der Waals surface area (Å²) in [5.41, 5.74) is 7.06. The SMILES string of the molecule is CC[C@@H](N)Cc1cc(OC)c(OC(C)C)cc1OC.Cl. The van der Waals surface area contributed by atoms with Gasteiger partial charge in [-0.15, -0.1) is 12.4 Å². The number of hydrogen-bond acceptors (Lipinski definition) is 4. The van der Waals surface area contributed by atoms with Crippen LogP contribution >= 0.6 is 12.4 Å². The van der Waals surface area contributed by atoms with Gasteiger partial charge in [-0.1, -0.05) is 6.92 Å². The van der Waals surface area contributed by atoms with Gasteiger partial charge in [-0.3, -0.25) is 0 Å². The van der Waals surface area contributed by atoms with Crippen LogP contribution in [0.25, 0.3) is 0 Å². The van der Waals surface area contributed by atoms with Crippen molar-refractivity contribution in [2.45, 2.75) is 45.8 Å². The Hall–Kier alpha value is -1.13. The van der Waals surface area contributed by atoms with E-state index in [2.05, 4.69) is 6.92 Å². The average molecular weight is 304 g/mol. The highest BCUT2D eigenvalue weighted by Gasteiger charge is 2.15. The first-order chi connectivity index (χ1) is 9.01. The van der Waals surface area contributed by atoms with Crippen molar-refractivity contribution in [3.8, 4) is 17.2 Å². The van der Waals surface area contributed by atoms with E-state index < -0.39 is 0 Å². The number of hydrogen-bond donors (Lipinski definition) is 1. The zero-order valence-electron chi connectivity index (χ0n) is 12.9. The molecule has 0 radical (unpaired) electrons. The molecule has 1 aromatic carbocycles. The van der Waals surface area contributed by atoms with Crippen molar-refractivity contribution in [3.05, 3.63) is 17.7 Å². The van der Waals surface area contributed by atoms with Crippen molar-refractivity contribution in [1.29, 1.82) is 0 Å². The molecule has 0 spiro atoms. The average Bonchev–Trinajstić information content (AvgIpc) is 2.38. The number of methoxy groups -OCH3 is 2. The zero-order chi connectivity index (χ0) is 14.4. The van der Waals surface area contributed by atoms with E-state index in [1.54, 1.807) is 14.2 Å². The number of nitrogens with two attached hydrogens (primary N) is 1. The topological polar surface area (TPSA) is 53.7 Å². The minimum Gasteiger partial charge on any atom is -0.496 e. The number of ether oxygens (including phenoxy) is 3. The molecule has 0 aromatic heterocycles. The molecule has 0 heterocycles. The maximum absolute atomic E-state index is 6.01. The molecule has 20 heavy (non-hydrogen) atoms. The highest BCUT2D eigenvalue weighted by atomic mass is 35.5. The van der Waals surface area contributed by atoms with Crippen molar-refractivity contribution in [3.63, 3.8) is 0 Å². The maximum Gasteiger partial charge on any atom is 0.165 e. The van der Waals surface area contributed by atoms with Crippen LogP contribution < -0.4 is 19.9 Å². The number of rotatable bonds is 7. The molecule has 5 heteroatoms. The molecule has 0 saturated heterocycles. The van der Waals surface area contributed by atoms with Crippen LogP contribution in [0.5, 0.6) is 17.2 Å². The van der Waals surface area contributed by atoms with Gasteiger partial charge in [-0.2, -0.15) is 0 Å². The lowest BCUT2D eigenvalue weighted by Gasteiger charge is -2.18. The summed E-state index contributed by atoms with van der Waals surface area (Å²) in [4.78, 5) is 0. The molecule has 0 aliphatic rings. The lowest BCUT2D eigenvalue weighted by Crippen LogP contribution is -2.21. The molecule has 1 atom stereocenters. The smallest absolute Gasteiger partial charge is 0.165 e. The van der Waals surface area contributed by atoms with Crippen molar-refractivity contribution < 1.29 is 14.2 Å². The Morgan fingerprint density at radius 1 is 1.05 bits per heavy atom. The van der Waals surface area contributed by atoms with E-state index in [1.807, 2.05) is 26.0 Å². The number of benzene rings is 1. The monoisotopic (exact) mass is 303 g/mol. The predicted octanol–water partition coefficient (Wildman–Crippen LogP) is 3.19. The van der Waals surface area contributed by atoms with E-state index in [4.69, 9.17) is 19.9 Å². The maximum atomic E-state index is 6.01. The van der Waals surface area contributed by atoms with Gasteiger partial charge in [0.25, 0.3) is 0 Å². The normalized spacial score (nSPS) is 11.8. The molecule has 0 bridgehead atoms. The lowest BCUT2D eigenvalue weighted by molar-refractivity contribution is 0.228. The Morgan fingerprint density at radius 2 is 1.65 bits per heavy atom. The molecule has 116 valence electrons. The third kappa shape index (κ3) is 5.10. The van der Waals surface area contributed by atoms with Crippen LogP contribution in [0.2, 0.25) is 0 Å². The highest BCUT2D eigenvalue weighted by Crippen LogP contribution is 2.36. The third-order valence-corrected chi connectivity index (χ3v) is 2.94. The molecule has 4 nitrogen and oxygen atoms in total. The Balaban J connectivity index is 0.00000361. The van der Waals surface area contributed by atoms with Gasteiger partial charge in [0.05, 0.1) is 20.3 Å². The van der Waals surface area contributed by atoms with E-state index in [9.17, 15) is 0 Å². The van der Waals surface area contributed by atoms with Gasteiger partial charge < -0.3 is 19.9 Å². The Morgan fingerprint density at radius 3 is 2.10 bits per heavy atom. The van der Waals surface area contributed by atoms with Crippen LogP contribution in [0.4, 0.5) is 0 Å². The summed E-state index contributed by atoms with van der Waals surface area (Å²) in [6.07, 6.45) is 1.77. The quantitative estimate of drug-likeness (QED) is 0.840. The fraction of sp³-hybridized carbons (Fsp3) is 0.600. The summed E-state index contributed by atoms with van der Waals surface area (Å²) in [6.45, 7) is 6.03. The first kappa shape index (κ1) is 18.9. The summed E-state index contributed by atoms with van der Waals surface area (Å²) in [5.74, 6) is 2.20. The highest BCUT2D eigenvalue weighted by molar-refractivity contribution is 5.85. The molecule has 2 N–H and O–H groups in total. The minimum atomic E-state index is 0. The molecule has 0 fully saturated rings. The van der Waals surface area contributed by atoms with Crippen molar-refractivity contribution in [1.82, 2.24) is 0 Å². The van der Waals surface area contributed by atoms with Gasteiger partial charge in [-0.05, 0) is 38.3 Å². The van der Waals surface area contributed by atoms with Gasteiger partial charge in [0.1, 0.15) is 5.75 Å². The van der Waals surface area contributed by atoms with Gasteiger partial charge in [0.2, 0.25) is 0 Å². The summed E-state index contributed by atoms with van der Waals surface area (Å²) in [6, 6.07) is 3.94. The second-order valence-electron chi connectivity index (χ2n) is 4.85. The van der Waals surface area contributed by atoms with E-state index >= 15 is 0 Å². The Bertz CT molecular complexity index is 410. The van der Waals surface area contributed by atoms with Crippen molar-refractivity contribution in [2.24, 2.45) is 5.73 Å². The van der Waals surface area contributed by atoms with E-state index in [-0.39, 0.29) is 24.6 Å². The van der Waals surface area contributed by atoms with Crippen molar-refractivity contribution >= 4 is 12.4 Å². The largest absolute Gasteiger partial charge is 0.496 e. The summed E-state index contributed by atoms with van der Waals surface area (Å²) >= 11 is 0. The Kier molecular flexibility index (Phi) is 8.42. The van der Waals surface area contributed by atoms with Crippen LogP contribution in [0.1, 0.15) is 32.8 Å². The first-order valence-corrected chi connectivity index (χ1v) is 6.68. The predicted molar refractivity (Wildman–Crippen MR) is 84.5 cm³/mol. The van der Waals surface area contributed by atoms with Crippen LogP contribution in [0.3, 0.4) is 0 Å². The second kappa shape index (κ2) is 8.93. The van der Waals surface area contributed by atoms with E-state index in [1.165, 1.54) is 0 Å². The third-order valence-electron chi connectivity index (χ3n) is 2.94. The standard InChI is InChI=1S/C15H25NO3.ClH/c1-6-12(16)7-11-8-14(18-5)15(19-10(2)3)9-13(11)17-4;/h8-10,12H,6-7,16H2,1-5H3;1H/t12-;/m1./s1. The fourth-order valence-corrected chi connectivity index (χ4v) is 1.87. The molecular formula is C15H26ClNO3. The molecule has 0 unspecified atom stereocenters. The summed E-state index contributed by atoms with van der Waals surface area (Å²) < 4.78 is 16.5. The molecular weight excluding hydrogens is 278 g/mol. The molecule has 0 aliphatic heterocycles. The summed E-state index contributed by atoms with van der Waals surface area (Å²) in [7, 11) is 3.29. The molecule has 0 saturated carbocycles. The molecule has 1 rings (SSSR count). The van der Waals surface area contributed by atoms with Gasteiger partial charge >= 0.3 is 0 Å². The second-order valence-corrected chi connectivity index (χ2v) is 4.85. The van der Waals surface area contributed by atoms with Crippen molar-refractivity contribution in [2.75, 3.05) is 14.2 Å². The Labute approximate surface area is 128 Å². The minimum absolute atomic E-state index is 0. The van der Waals surface area contributed by atoms with Crippen LogP contribution in [0.15, 0.2) is 12.1 Å². The fourth-order valence-electron chi connectivity index (χ4n) is 1.87. The first-order valence-electron chi connectivity index (χ1n) is 6.68. The molecule has 0 aliphatic carbocycles. The van der Waals surface area contributed by atoms with Crippen LogP contribution in [0, 0.1) is 0 Å². The van der Waals surface area contributed by atoms with Crippen LogP contribution in [-0.2, 0) is 6.42 Å². The van der Waals surface area contributed by atoms with Gasteiger partial charge in [0, 0.05) is 12.1 Å². The zero-order valence-corrected chi connectivity index (χ0v) is 13.8. The number of halogens is 1. The van der Waals surface area contributed by atoms with Gasteiger partial charge in [0.15, 0.2) is 11.5 Å². The summed E-state index contributed by atoms with van der Waals surface area (Å²) in [5, 5.41) is 0. The lowest BCUT2D eigenvalue weighted by atomic mass is 10.0. The van der Waals surface area contributed by atoms with E-state index in [0.29, 0.717) is 11.5 Å². The molecule has 0 amide bonds. The van der Waals surface area contributed by atoms with Crippen LogP contribution in [-0.4, -0.2) is 26.4 Å².